The fourth-order valence-corrected chi connectivity index (χ4v) is 2.46. The van der Waals surface area contributed by atoms with Crippen LogP contribution in [0.15, 0.2) is 41.5 Å². The summed E-state index contributed by atoms with van der Waals surface area (Å²) in [7, 11) is 0. The highest BCUT2D eigenvalue weighted by Gasteiger charge is 2.29. The molecule has 0 saturated carbocycles. The largest absolute Gasteiger partial charge is 0.444 e. The van der Waals surface area contributed by atoms with E-state index in [1.807, 2.05) is 0 Å². The molecule has 1 fully saturated rings. The smallest absolute Gasteiger partial charge is 0.414 e. The molecule has 24 heavy (non-hydrogen) atoms. The van der Waals surface area contributed by atoms with Gasteiger partial charge in [-0.25, -0.2) is 14.2 Å². The zero-order valence-corrected chi connectivity index (χ0v) is 12.9. The first-order chi connectivity index (χ1) is 11.4. The Labute approximate surface area is 137 Å². The van der Waals surface area contributed by atoms with Crippen molar-refractivity contribution >= 4 is 23.4 Å². The van der Waals surface area contributed by atoms with Gasteiger partial charge in [0.2, 0.25) is 0 Å². The topological polar surface area (TPSA) is 107 Å². The molecule has 0 aliphatic carbocycles. The van der Waals surface area contributed by atoms with Gasteiger partial charge in [0.05, 0.1) is 29.8 Å². The number of ether oxygens (including phenoxy) is 1. The molecular weight excluding hydrogens is 313 g/mol. The Hall–Kier alpha value is -3.16. The van der Waals surface area contributed by atoms with Gasteiger partial charge in [0.25, 0.3) is 0 Å². The number of guanidine groups is 1. The lowest BCUT2D eigenvalue weighted by atomic mass is 10.1. The van der Waals surface area contributed by atoms with Crippen molar-refractivity contribution < 1.29 is 13.9 Å². The number of anilines is 1. The number of cyclic esters (lactones) is 1. The highest BCUT2D eigenvalue weighted by Crippen LogP contribution is 2.28. The van der Waals surface area contributed by atoms with Gasteiger partial charge in [-0.2, -0.15) is 0 Å². The molecule has 7 nitrogen and oxygen atoms in total. The summed E-state index contributed by atoms with van der Waals surface area (Å²) in [6, 6.07) is 7.77. The molecule has 8 heteroatoms. The summed E-state index contributed by atoms with van der Waals surface area (Å²) >= 11 is 0. The minimum atomic E-state index is -0.484. The maximum Gasteiger partial charge on any atom is 0.414 e. The van der Waals surface area contributed by atoms with Crippen LogP contribution in [0.25, 0.3) is 11.3 Å². The molecule has 1 aromatic heterocycles. The minimum absolute atomic E-state index is 0.0770. The van der Waals surface area contributed by atoms with Gasteiger partial charge >= 0.3 is 6.09 Å². The van der Waals surface area contributed by atoms with Crippen LogP contribution in [0.2, 0.25) is 0 Å². The van der Waals surface area contributed by atoms with E-state index in [4.69, 9.17) is 16.2 Å². The average molecular weight is 329 g/mol. The van der Waals surface area contributed by atoms with Crippen molar-refractivity contribution in [2.45, 2.75) is 13.0 Å². The maximum atomic E-state index is 14.4. The predicted octanol–water partition coefficient (Wildman–Crippen LogP) is 2.14. The molecule has 4 N–H and O–H groups in total. The minimum Gasteiger partial charge on any atom is -0.444 e. The highest BCUT2D eigenvalue weighted by atomic mass is 19.1. The number of nitrogens with two attached hydrogens (primary N) is 2. The van der Waals surface area contributed by atoms with Crippen molar-refractivity contribution in [3.8, 4) is 11.3 Å². The molecule has 0 spiro atoms. The van der Waals surface area contributed by atoms with Gasteiger partial charge in [0.15, 0.2) is 5.96 Å². The normalized spacial score (nSPS) is 16.8. The molecule has 2 aromatic rings. The molecular formula is C16H16FN5O2. The van der Waals surface area contributed by atoms with E-state index in [9.17, 15) is 9.18 Å². The third kappa shape index (κ3) is 3.12. The Kier molecular flexibility index (Phi) is 4.03. The number of aliphatic imine (C=N–C) groups is 1. The Morgan fingerprint density at radius 1 is 1.38 bits per heavy atom. The summed E-state index contributed by atoms with van der Waals surface area (Å²) in [5.41, 5.74) is 12.3. The molecule has 1 aliphatic rings. The van der Waals surface area contributed by atoms with Crippen molar-refractivity contribution in [2.75, 3.05) is 11.4 Å². The van der Waals surface area contributed by atoms with Crippen LogP contribution in [0.5, 0.6) is 0 Å². The molecule has 1 saturated heterocycles. The lowest BCUT2D eigenvalue weighted by molar-refractivity contribution is 0.150. The lowest BCUT2D eigenvalue weighted by Gasteiger charge is -2.14. The summed E-state index contributed by atoms with van der Waals surface area (Å²) < 4.78 is 19.5. The van der Waals surface area contributed by atoms with E-state index in [-0.39, 0.29) is 12.1 Å². The third-order valence-electron chi connectivity index (χ3n) is 3.51. The van der Waals surface area contributed by atoms with E-state index in [2.05, 4.69) is 9.98 Å². The Morgan fingerprint density at radius 2 is 2.17 bits per heavy atom. The number of hydrogen-bond acceptors (Lipinski definition) is 4. The number of halogens is 1. The Bertz CT molecular complexity index is 803. The number of hydrogen-bond donors (Lipinski definition) is 2. The zero-order chi connectivity index (χ0) is 17.3. The number of carbonyl (C=O) groups excluding carboxylic acids is 1. The van der Waals surface area contributed by atoms with Crippen LogP contribution < -0.4 is 16.4 Å². The SMILES string of the molecule is CC1CN(c2ccc(-c3ccc(N=C(N)N)cn3)c(F)c2)C(=O)O1. The molecule has 1 amide bonds. The molecule has 124 valence electrons. The summed E-state index contributed by atoms with van der Waals surface area (Å²) in [4.78, 5) is 21.1. The Balaban J connectivity index is 1.87. The van der Waals surface area contributed by atoms with E-state index >= 15 is 0 Å². The first-order valence-corrected chi connectivity index (χ1v) is 7.28. The van der Waals surface area contributed by atoms with Crippen molar-refractivity contribution in [2.24, 2.45) is 16.5 Å². The molecule has 0 radical (unpaired) electrons. The summed E-state index contributed by atoms with van der Waals surface area (Å²) in [6.45, 7) is 2.17. The molecule has 1 aromatic carbocycles. The summed E-state index contributed by atoms with van der Waals surface area (Å²) in [6.07, 6.45) is 0.751. The number of pyridine rings is 1. The van der Waals surface area contributed by atoms with Crippen LogP contribution in [0.4, 0.5) is 20.6 Å². The third-order valence-corrected chi connectivity index (χ3v) is 3.51. The quantitative estimate of drug-likeness (QED) is 0.663. The average Bonchev–Trinajstić information content (AvgIpc) is 2.86. The van der Waals surface area contributed by atoms with E-state index in [0.29, 0.717) is 29.2 Å². The summed E-state index contributed by atoms with van der Waals surface area (Å²) in [5, 5.41) is 0. The molecule has 1 atom stereocenters. The standard InChI is InChI=1S/C16H16FN5O2/c1-9-8-22(16(23)24-9)11-3-4-12(13(17)6-11)14-5-2-10(7-20-14)21-15(18)19/h2-7,9H,8H2,1H3,(H4,18,19,21). The number of carbonyl (C=O) groups is 1. The molecule has 1 unspecified atom stereocenters. The number of nitrogens with zero attached hydrogens (tertiary/aromatic N) is 3. The van der Waals surface area contributed by atoms with Crippen LogP contribution in [0, 0.1) is 5.82 Å². The van der Waals surface area contributed by atoms with Crippen LogP contribution in [0.3, 0.4) is 0 Å². The predicted molar refractivity (Wildman–Crippen MR) is 88.4 cm³/mol. The number of aromatic nitrogens is 1. The fraction of sp³-hybridized carbons (Fsp3) is 0.188. The van der Waals surface area contributed by atoms with E-state index < -0.39 is 11.9 Å². The molecule has 2 heterocycles. The molecule has 3 rings (SSSR count). The van der Waals surface area contributed by atoms with Gasteiger partial charge in [-0.15, -0.1) is 0 Å². The molecule has 1 aliphatic heterocycles. The lowest BCUT2D eigenvalue weighted by Crippen LogP contribution is -2.24. The van der Waals surface area contributed by atoms with Gasteiger partial charge < -0.3 is 16.2 Å². The number of rotatable bonds is 3. The van der Waals surface area contributed by atoms with Crippen LogP contribution >= 0.6 is 0 Å². The van der Waals surface area contributed by atoms with Crippen LogP contribution in [-0.4, -0.2) is 29.7 Å². The van der Waals surface area contributed by atoms with E-state index in [1.165, 1.54) is 17.2 Å². The fourth-order valence-electron chi connectivity index (χ4n) is 2.46. The first-order valence-electron chi connectivity index (χ1n) is 7.28. The Morgan fingerprint density at radius 3 is 2.71 bits per heavy atom. The number of amides is 1. The van der Waals surface area contributed by atoms with Crippen molar-refractivity contribution in [3.05, 3.63) is 42.3 Å². The van der Waals surface area contributed by atoms with Crippen molar-refractivity contribution in [1.29, 1.82) is 0 Å². The second-order valence-electron chi connectivity index (χ2n) is 5.41. The maximum absolute atomic E-state index is 14.4. The van der Waals surface area contributed by atoms with Gasteiger partial charge in [-0.3, -0.25) is 9.88 Å². The van der Waals surface area contributed by atoms with Gasteiger partial charge in [0.1, 0.15) is 11.9 Å². The van der Waals surface area contributed by atoms with E-state index in [1.54, 1.807) is 31.2 Å². The first kappa shape index (κ1) is 15.7. The molecule has 0 bridgehead atoms. The van der Waals surface area contributed by atoms with Crippen LogP contribution in [-0.2, 0) is 4.74 Å². The number of benzene rings is 1. The zero-order valence-electron chi connectivity index (χ0n) is 12.9. The van der Waals surface area contributed by atoms with Gasteiger partial charge in [-0.1, -0.05) is 0 Å². The van der Waals surface area contributed by atoms with Crippen LogP contribution in [0.1, 0.15) is 6.92 Å². The van der Waals surface area contributed by atoms with Gasteiger partial charge in [0, 0.05) is 5.56 Å². The second-order valence-corrected chi connectivity index (χ2v) is 5.41. The van der Waals surface area contributed by atoms with Crippen molar-refractivity contribution in [3.63, 3.8) is 0 Å². The van der Waals surface area contributed by atoms with E-state index in [0.717, 1.165) is 0 Å². The summed E-state index contributed by atoms with van der Waals surface area (Å²) in [5.74, 6) is -0.561. The highest BCUT2D eigenvalue weighted by molar-refractivity contribution is 5.90. The monoisotopic (exact) mass is 329 g/mol. The van der Waals surface area contributed by atoms with Crippen molar-refractivity contribution in [1.82, 2.24) is 4.98 Å². The van der Waals surface area contributed by atoms with Gasteiger partial charge in [-0.05, 0) is 37.3 Å². The second kappa shape index (κ2) is 6.15.